The molecule has 0 aromatic heterocycles. The second kappa shape index (κ2) is 7.61. The smallest absolute Gasteiger partial charge is 0.212 e. The number of nitrogens with two attached hydrogens (primary N) is 1. The highest BCUT2D eigenvalue weighted by atomic mass is 32.2. The molecule has 0 amide bonds. The third kappa shape index (κ3) is 8.55. The van der Waals surface area contributed by atoms with Crippen LogP contribution in [0.4, 0.5) is 0 Å². The largest absolute Gasteiger partial charge is 0.329 e. The number of rotatable bonds is 8. The van der Waals surface area contributed by atoms with Gasteiger partial charge >= 0.3 is 0 Å². The lowest BCUT2D eigenvalue weighted by Crippen LogP contribution is -2.30. The van der Waals surface area contributed by atoms with Crippen LogP contribution in [-0.2, 0) is 10.0 Å². The van der Waals surface area contributed by atoms with Gasteiger partial charge in [0.15, 0.2) is 0 Å². The summed E-state index contributed by atoms with van der Waals surface area (Å²) in [7, 11) is -3.10. The van der Waals surface area contributed by atoms with Crippen LogP contribution in [-0.4, -0.2) is 39.3 Å². The Bertz CT molecular complexity index is 205. The third-order valence-electron chi connectivity index (χ3n) is 1.48. The van der Waals surface area contributed by atoms with Crippen molar-refractivity contribution in [2.24, 2.45) is 5.73 Å². The van der Waals surface area contributed by atoms with E-state index in [0.717, 1.165) is 18.6 Å². The fourth-order valence-corrected chi connectivity index (χ4v) is 2.23. The monoisotopic (exact) mass is 226 g/mol. The van der Waals surface area contributed by atoms with Gasteiger partial charge in [-0.25, -0.2) is 13.1 Å². The summed E-state index contributed by atoms with van der Waals surface area (Å²) < 4.78 is 24.6. The van der Waals surface area contributed by atoms with Crippen LogP contribution in [0.5, 0.6) is 0 Å². The van der Waals surface area contributed by atoms with Gasteiger partial charge in [0.1, 0.15) is 0 Å². The summed E-state index contributed by atoms with van der Waals surface area (Å²) >= 11 is 1.77. The molecule has 0 heterocycles. The predicted molar refractivity (Wildman–Crippen MR) is 58.5 cm³/mol. The van der Waals surface area contributed by atoms with Crippen molar-refractivity contribution >= 4 is 21.8 Å². The molecule has 0 unspecified atom stereocenters. The predicted octanol–water partition coefficient (Wildman–Crippen LogP) is 0.00770. The van der Waals surface area contributed by atoms with Crippen molar-refractivity contribution < 1.29 is 8.42 Å². The zero-order valence-electron chi connectivity index (χ0n) is 7.95. The SMILES string of the molecule is CSCCCCNS(=O)(=O)CCN. The van der Waals surface area contributed by atoms with Crippen molar-refractivity contribution in [3.05, 3.63) is 0 Å². The van der Waals surface area contributed by atoms with Crippen LogP contribution in [0.25, 0.3) is 0 Å². The number of hydrogen-bond acceptors (Lipinski definition) is 4. The number of sulfonamides is 1. The van der Waals surface area contributed by atoms with E-state index in [-0.39, 0.29) is 12.3 Å². The number of hydrogen-bond donors (Lipinski definition) is 2. The number of unbranched alkanes of at least 4 members (excludes halogenated alkanes) is 1. The third-order valence-corrected chi connectivity index (χ3v) is 3.60. The van der Waals surface area contributed by atoms with Gasteiger partial charge in [0.2, 0.25) is 10.0 Å². The van der Waals surface area contributed by atoms with Crippen molar-refractivity contribution in [1.29, 1.82) is 0 Å². The molecule has 0 spiro atoms. The van der Waals surface area contributed by atoms with Gasteiger partial charge in [-0.15, -0.1) is 0 Å². The van der Waals surface area contributed by atoms with Gasteiger partial charge in [0.25, 0.3) is 0 Å². The van der Waals surface area contributed by atoms with Crippen molar-refractivity contribution in [2.45, 2.75) is 12.8 Å². The van der Waals surface area contributed by atoms with E-state index in [9.17, 15) is 8.42 Å². The minimum Gasteiger partial charge on any atom is -0.329 e. The second-order valence-corrected chi connectivity index (χ2v) is 5.61. The fraction of sp³-hybridized carbons (Fsp3) is 1.00. The van der Waals surface area contributed by atoms with Gasteiger partial charge in [0.05, 0.1) is 5.75 Å². The van der Waals surface area contributed by atoms with E-state index in [1.165, 1.54) is 0 Å². The molecule has 0 aromatic carbocycles. The van der Waals surface area contributed by atoms with E-state index in [2.05, 4.69) is 4.72 Å². The lowest BCUT2D eigenvalue weighted by atomic mass is 10.3. The quantitative estimate of drug-likeness (QED) is 0.572. The molecular formula is C7H18N2O2S2. The first-order chi connectivity index (χ1) is 6.12. The zero-order chi connectivity index (χ0) is 10.2. The van der Waals surface area contributed by atoms with E-state index < -0.39 is 10.0 Å². The molecule has 0 aliphatic carbocycles. The Morgan fingerprint density at radius 3 is 2.62 bits per heavy atom. The van der Waals surface area contributed by atoms with Crippen molar-refractivity contribution in [3.8, 4) is 0 Å². The summed E-state index contributed by atoms with van der Waals surface area (Å²) in [4.78, 5) is 0. The van der Waals surface area contributed by atoms with E-state index in [4.69, 9.17) is 5.73 Å². The summed E-state index contributed by atoms with van der Waals surface area (Å²) in [6, 6.07) is 0. The van der Waals surface area contributed by atoms with Crippen LogP contribution in [0.15, 0.2) is 0 Å². The number of thioether (sulfide) groups is 1. The van der Waals surface area contributed by atoms with E-state index >= 15 is 0 Å². The molecule has 0 bridgehead atoms. The second-order valence-electron chi connectivity index (χ2n) is 2.70. The molecular weight excluding hydrogens is 208 g/mol. The van der Waals surface area contributed by atoms with Crippen LogP contribution in [0.2, 0.25) is 0 Å². The first-order valence-corrected chi connectivity index (χ1v) is 7.33. The summed E-state index contributed by atoms with van der Waals surface area (Å²) in [5.41, 5.74) is 5.14. The molecule has 0 fully saturated rings. The highest BCUT2D eigenvalue weighted by molar-refractivity contribution is 7.98. The summed E-state index contributed by atoms with van der Waals surface area (Å²) in [6.07, 6.45) is 3.98. The molecule has 0 saturated carbocycles. The summed E-state index contributed by atoms with van der Waals surface area (Å²) in [6.45, 7) is 0.711. The Morgan fingerprint density at radius 2 is 2.08 bits per heavy atom. The van der Waals surface area contributed by atoms with Gasteiger partial charge in [-0.05, 0) is 24.9 Å². The Hall–Kier alpha value is 0.220. The summed E-state index contributed by atoms with van der Waals surface area (Å²) in [5.74, 6) is 1.11. The van der Waals surface area contributed by atoms with Gasteiger partial charge < -0.3 is 5.73 Å². The van der Waals surface area contributed by atoms with E-state index in [0.29, 0.717) is 6.54 Å². The Labute approximate surface area is 84.7 Å². The van der Waals surface area contributed by atoms with Crippen LogP contribution < -0.4 is 10.5 Å². The molecule has 6 heteroatoms. The molecule has 3 N–H and O–H groups in total. The van der Waals surface area contributed by atoms with Gasteiger partial charge in [-0.2, -0.15) is 11.8 Å². The standard InChI is InChI=1S/C7H18N2O2S2/c1-12-6-3-2-5-9-13(10,11)7-4-8/h9H,2-8H2,1H3. The first kappa shape index (κ1) is 13.2. The average Bonchev–Trinajstić information content (AvgIpc) is 2.04. The Kier molecular flexibility index (Phi) is 7.74. The molecule has 0 aliphatic heterocycles. The molecule has 0 radical (unpaired) electrons. The summed E-state index contributed by atoms with van der Waals surface area (Å²) in [5, 5.41) is 0. The van der Waals surface area contributed by atoms with Crippen LogP contribution >= 0.6 is 11.8 Å². The lowest BCUT2D eigenvalue weighted by Gasteiger charge is -2.04. The van der Waals surface area contributed by atoms with Gasteiger partial charge in [-0.3, -0.25) is 0 Å². The highest BCUT2D eigenvalue weighted by Crippen LogP contribution is 1.98. The topological polar surface area (TPSA) is 72.2 Å². The lowest BCUT2D eigenvalue weighted by molar-refractivity contribution is 0.578. The molecule has 0 rings (SSSR count). The molecule has 0 aliphatic rings. The van der Waals surface area contributed by atoms with Crippen molar-refractivity contribution in [2.75, 3.05) is 30.9 Å². The maximum absolute atomic E-state index is 11.1. The van der Waals surface area contributed by atoms with Crippen LogP contribution in [0, 0.1) is 0 Å². The Balaban J connectivity index is 3.41. The average molecular weight is 226 g/mol. The molecule has 0 aromatic rings. The minimum absolute atomic E-state index is 0.0233. The maximum atomic E-state index is 11.1. The molecule has 80 valence electrons. The highest BCUT2D eigenvalue weighted by Gasteiger charge is 2.06. The van der Waals surface area contributed by atoms with Crippen molar-refractivity contribution in [3.63, 3.8) is 0 Å². The normalized spacial score (nSPS) is 11.8. The Morgan fingerprint density at radius 1 is 1.38 bits per heavy atom. The molecule has 13 heavy (non-hydrogen) atoms. The van der Waals surface area contributed by atoms with Gasteiger partial charge in [-0.1, -0.05) is 0 Å². The maximum Gasteiger partial charge on any atom is 0.212 e. The van der Waals surface area contributed by atoms with Crippen LogP contribution in [0.1, 0.15) is 12.8 Å². The molecule has 0 saturated heterocycles. The van der Waals surface area contributed by atoms with Gasteiger partial charge in [0, 0.05) is 13.1 Å². The first-order valence-electron chi connectivity index (χ1n) is 4.28. The fourth-order valence-electron chi connectivity index (χ4n) is 0.826. The van der Waals surface area contributed by atoms with Crippen LogP contribution in [0.3, 0.4) is 0 Å². The zero-order valence-corrected chi connectivity index (χ0v) is 9.59. The minimum atomic E-state index is -3.10. The van der Waals surface area contributed by atoms with E-state index in [1.54, 1.807) is 11.8 Å². The molecule has 4 nitrogen and oxygen atoms in total. The molecule has 0 atom stereocenters. The number of nitrogens with one attached hydrogen (secondary N) is 1. The van der Waals surface area contributed by atoms with E-state index in [1.807, 2.05) is 6.26 Å². The van der Waals surface area contributed by atoms with Crippen molar-refractivity contribution in [1.82, 2.24) is 4.72 Å².